The quantitative estimate of drug-likeness (QED) is 0.784. The molecule has 3 heteroatoms. The Morgan fingerprint density at radius 1 is 1.40 bits per heavy atom. The van der Waals surface area contributed by atoms with E-state index in [1.165, 1.54) is 0 Å². The summed E-state index contributed by atoms with van der Waals surface area (Å²) in [7, 11) is 1.73. The summed E-state index contributed by atoms with van der Waals surface area (Å²) < 4.78 is 10.7. The van der Waals surface area contributed by atoms with E-state index in [0.29, 0.717) is 12.0 Å². The van der Waals surface area contributed by atoms with Gasteiger partial charge in [0.05, 0.1) is 13.2 Å². The van der Waals surface area contributed by atoms with Crippen LogP contribution in [0.4, 0.5) is 0 Å². The van der Waals surface area contributed by atoms with Crippen LogP contribution in [-0.4, -0.2) is 19.8 Å². The van der Waals surface area contributed by atoms with Crippen LogP contribution in [0.25, 0.3) is 0 Å². The van der Waals surface area contributed by atoms with Gasteiger partial charge in [-0.25, -0.2) is 0 Å². The van der Waals surface area contributed by atoms with Gasteiger partial charge in [0.2, 0.25) is 0 Å². The molecule has 1 aromatic rings. The highest BCUT2D eigenvalue weighted by Gasteiger charge is 2.12. The van der Waals surface area contributed by atoms with Crippen LogP contribution >= 0.6 is 0 Å². The van der Waals surface area contributed by atoms with Gasteiger partial charge in [0.25, 0.3) is 0 Å². The van der Waals surface area contributed by atoms with Crippen LogP contribution in [0.15, 0.2) is 16.5 Å². The molecule has 0 aliphatic heterocycles. The minimum Gasteiger partial charge on any atom is -0.465 e. The lowest BCUT2D eigenvalue weighted by Gasteiger charge is -2.20. The van der Waals surface area contributed by atoms with Gasteiger partial charge in [-0.05, 0) is 25.0 Å². The summed E-state index contributed by atoms with van der Waals surface area (Å²) in [5.41, 5.74) is 0. The van der Waals surface area contributed by atoms with Crippen molar-refractivity contribution in [1.82, 2.24) is 5.32 Å². The molecule has 1 aromatic heterocycles. The summed E-state index contributed by atoms with van der Waals surface area (Å²) in [5, 5.41) is 3.43. The van der Waals surface area contributed by atoms with E-state index in [4.69, 9.17) is 9.15 Å². The van der Waals surface area contributed by atoms with Gasteiger partial charge in [0, 0.05) is 13.2 Å². The van der Waals surface area contributed by atoms with Crippen LogP contribution in [0.1, 0.15) is 25.4 Å². The number of hydrogen-bond donors (Lipinski definition) is 1. The number of rotatable bonds is 6. The van der Waals surface area contributed by atoms with Gasteiger partial charge in [0.15, 0.2) is 0 Å². The monoisotopic (exact) mass is 211 g/mol. The molecule has 1 unspecified atom stereocenters. The summed E-state index contributed by atoms with van der Waals surface area (Å²) in [6.07, 6.45) is 0. The first-order valence-electron chi connectivity index (χ1n) is 5.41. The van der Waals surface area contributed by atoms with E-state index in [-0.39, 0.29) is 0 Å². The molecular weight excluding hydrogens is 190 g/mol. The maximum atomic E-state index is 5.49. The highest BCUT2D eigenvalue weighted by molar-refractivity contribution is 5.05. The fourth-order valence-electron chi connectivity index (χ4n) is 1.48. The highest BCUT2D eigenvalue weighted by Crippen LogP contribution is 2.08. The van der Waals surface area contributed by atoms with Crippen LogP contribution < -0.4 is 5.32 Å². The zero-order valence-electron chi connectivity index (χ0n) is 10.0. The number of furan rings is 1. The Balaban J connectivity index is 2.39. The molecule has 0 saturated heterocycles. The molecule has 3 nitrogen and oxygen atoms in total. The van der Waals surface area contributed by atoms with Crippen LogP contribution in [-0.2, 0) is 11.3 Å². The topological polar surface area (TPSA) is 34.4 Å². The molecule has 0 bridgehead atoms. The highest BCUT2D eigenvalue weighted by atomic mass is 16.5. The Morgan fingerprint density at radius 3 is 2.60 bits per heavy atom. The molecule has 0 aliphatic rings. The molecule has 0 spiro atoms. The zero-order chi connectivity index (χ0) is 11.3. The van der Waals surface area contributed by atoms with E-state index in [2.05, 4.69) is 19.2 Å². The van der Waals surface area contributed by atoms with Gasteiger partial charge < -0.3 is 14.5 Å². The molecule has 0 amide bonds. The van der Waals surface area contributed by atoms with Gasteiger partial charge >= 0.3 is 0 Å². The lowest BCUT2D eigenvalue weighted by molar-refractivity contribution is 0.145. The normalized spacial score (nSPS) is 13.4. The molecule has 0 fully saturated rings. The first-order chi connectivity index (χ1) is 7.13. The molecule has 86 valence electrons. The molecular formula is C12H21NO2. The van der Waals surface area contributed by atoms with Crippen LogP contribution in [0, 0.1) is 12.8 Å². The summed E-state index contributed by atoms with van der Waals surface area (Å²) in [6, 6.07) is 4.37. The first kappa shape index (κ1) is 12.3. The third-order valence-electron chi connectivity index (χ3n) is 2.49. The Hall–Kier alpha value is -0.800. The summed E-state index contributed by atoms with van der Waals surface area (Å²) >= 11 is 0. The number of aryl methyl sites for hydroxylation is 1. The van der Waals surface area contributed by atoms with E-state index >= 15 is 0 Å². The molecule has 1 heterocycles. The summed E-state index contributed by atoms with van der Waals surface area (Å²) in [5.74, 6) is 2.50. The minimum absolute atomic E-state index is 0.375. The van der Waals surface area contributed by atoms with Crippen molar-refractivity contribution < 1.29 is 9.15 Å². The van der Waals surface area contributed by atoms with E-state index in [1.807, 2.05) is 19.1 Å². The van der Waals surface area contributed by atoms with Gasteiger partial charge in [-0.15, -0.1) is 0 Å². The van der Waals surface area contributed by atoms with Gasteiger partial charge in [-0.2, -0.15) is 0 Å². The second-order valence-electron chi connectivity index (χ2n) is 4.20. The third-order valence-corrected chi connectivity index (χ3v) is 2.49. The average Bonchev–Trinajstić information content (AvgIpc) is 2.58. The van der Waals surface area contributed by atoms with Crippen molar-refractivity contribution in [3.05, 3.63) is 23.7 Å². The van der Waals surface area contributed by atoms with Gasteiger partial charge in [-0.3, -0.25) is 0 Å². The minimum atomic E-state index is 0.375. The standard InChI is InChI=1S/C12H21NO2/c1-9(2)12(8-14-4)13-7-11-6-5-10(3)15-11/h5-6,9,12-13H,7-8H2,1-4H3. The van der Waals surface area contributed by atoms with Crippen LogP contribution in [0.3, 0.4) is 0 Å². The second kappa shape index (κ2) is 5.93. The Labute approximate surface area is 91.8 Å². The molecule has 0 aromatic carbocycles. The molecule has 0 saturated carbocycles. The number of nitrogens with one attached hydrogen (secondary N) is 1. The smallest absolute Gasteiger partial charge is 0.117 e. The molecule has 1 atom stereocenters. The van der Waals surface area contributed by atoms with Gasteiger partial charge in [-0.1, -0.05) is 13.8 Å². The lowest BCUT2D eigenvalue weighted by atomic mass is 10.1. The maximum absolute atomic E-state index is 5.49. The van der Waals surface area contributed by atoms with Crippen molar-refractivity contribution >= 4 is 0 Å². The predicted octanol–water partition coefficient (Wildman–Crippen LogP) is 2.35. The van der Waals surface area contributed by atoms with Crippen molar-refractivity contribution in [3.8, 4) is 0 Å². The predicted molar refractivity (Wildman–Crippen MR) is 60.8 cm³/mol. The maximum Gasteiger partial charge on any atom is 0.117 e. The third kappa shape index (κ3) is 4.06. The average molecular weight is 211 g/mol. The van der Waals surface area contributed by atoms with Crippen LogP contribution in [0.2, 0.25) is 0 Å². The van der Waals surface area contributed by atoms with E-state index in [9.17, 15) is 0 Å². The fourth-order valence-corrected chi connectivity index (χ4v) is 1.48. The Morgan fingerprint density at radius 2 is 2.13 bits per heavy atom. The molecule has 0 radical (unpaired) electrons. The van der Waals surface area contributed by atoms with E-state index < -0.39 is 0 Å². The molecule has 1 N–H and O–H groups in total. The Kier molecular flexibility index (Phi) is 4.85. The zero-order valence-corrected chi connectivity index (χ0v) is 10.0. The van der Waals surface area contributed by atoms with Crippen molar-refractivity contribution in [2.45, 2.75) is 33.4 Å². The largest absolute Gasteiger partial charge is 0.465 e. The van der Waals surface area contributed by atoms with Crippen molar-refractivity contribution in [2.75, 3.05) is 13.7 Å². The van der Waals surface area contributed by atoms with E-state index in [1.54, 1.807) is 7.11 Å². The summed E-state index contributed by atoms with van der Waals surface area (Å²) in [6.45, 7) is 7.82. The fraction of sp³-hybridized carbons (Fsp3) is 0.667. The molecule has 15 heavy (non-hydrogen) atoms. The molecule has 0 aliphatic carbocycles. The van der Waals surface area contributed by atoms with Gasteiger partial charge in [0.1, 0.15) is 11.5 Å². The first-order valence-corrected chi connectivity index (χ1v) is 5.41. The SMILES string of the molecule is COCC(NCc1ccc(C)o1)C(C)C. The molecule has 1 rings (SSSR count). The number of hydrogen-bond acceptors (Lipinski definition) is 3. The lowest BCUT2D eigenvalue weighted by Crippen LogP contribution is -2.37. The van der Waals surface area contributed by atoms with Crippen molar-refractivity contribution in [2.24, 2.45) is 5.92 Å². The Bertz CT molecular complexity index is 281. The van der Waals surface area contributed by atoms with Crippen molar-refractivity contribution in [1.29, 1.82) is 0 Å². The number of methoxy groups -OCH3 is 1. The number of ether oxygens (including phenoxy) is 1. The van der Waals surface area contributed by atoms with Crippen molar-refractivity contribution in [3.63, 3.8) is 0 Å². The second-order valence-corrected chi connectivity index (χ2v) is 4.20. The summed E-state index contributed by atoms with van der Waals surface area (Å²) in [4.78, 5) is 0. The van der Waals surface area contributed by atoms with Crippen LogP contribution in [0.5, 0.6) is 0 Å². The van der Waals surface area contributed by atoms with E-state index in [0.717, 1.165) is 24.7 Å².